The molecule has 2 rings (SSSR count). The smallest absolute Gasteiger partial charge is 0.358 e. The van der Waals surface area contributed by atoms with E-state index < -0.39 is 5.97 Å². The van der Waals surface area contributed by atoms with Crippen LogP contribution in [0.15, 0.2) is 22.7 Å². The average Bonchev–Trinajstić information content (AvgIpc) is 2.97. The first-order valence-corrected chi connectivity index (χ1v) is 6.05. The van der Waals surface area contributed by atoms with Gasteiger partial charge in [0.05, 0.1) is 20.8 Å². The van der Waals surface area contributed by atoms with Crippen LogP contribution >= 0.6 is 0 Å². The van der Waals surface area contributed by atoms with Crippen LogP contribution in [0.25, 0.3) is 11.3 Å². The van der Waals surface area contributed by atoms with Crippen molar-refractivity contribution in [2.45, 2.75) is 6.61 Å². The van der Waals surface area contributed by atoms with Crippen molar-refractivity contribution in [3.8, 4) is 22.8 Å². The highest BCUT2D eigenvalue weighted by Gasteiger charge is 2.18. The van der Waals surface area contributed by atoms with Gasteiger partial charge in [0.15, 0.2) is 23.0 Å². The maximum atomic E-state index is 10.9. The third kappa shape index (κ3) is 2.97. The zero-order chi connectivity index (χ0) is 15.4. The SMILES string of the molecule is COCc1cc(OC)c(OC)cc1-c1cc(C(=O)O)no1. The van der Waals surface area contributed by atoms with E-state index >= 15 is 0 Å². The summed E-state index contributed by atoms with van der Waals surface area (Å²) < 4.78 is 20.7. The predicted octanol–water partition coefficient (Wildman–Crippen LogP) is 2.20. The maximum Gasteiger partial charge on any atom is 0.358 e. The largest absolute Gasteiger partial charge is 0.493 e. The fraction of sp³-hybridized carbons (Fsp3) is 0.286. The molecule has 0 saturated heterocycles. The van der Waals surface area contributed by atoms with Crippen LogP contribution in [0.5, 0.6) is 11.5 Å². The predicted molar refractivity (Wildman–Crippen MR) is 72.7 cm³/mol. The summed E-state index contributed by atoms with van der Waals surface area (Å²) in [5.74, 6) is 0.214. The van der Waals surface area contributed by atoms with Crippen LogP contribution in [-0.2, 0) is 11.3 Å². The summed E-state index contributed by atoms with van der Waals surface area (Å²) in [6, 6.07) is 4.79. The van der Waals surface area contributed by atoms with Gasteiger partial charge in [0, 0.05) is 18.7 Å². The van der Waals surface area contributed by atoms with E-state index in [0.29, 0.717) is 29.4 Å². The number of hydrogen-bond donors (Lipinski definition) is 1. The molecule has 7 heteroatoms. The van der Waals surface area contributed by atoms with Crippen molar-refractivity contribution in [3.63, 3.8) is 0 Å². The molecule has 21 heavy (non-hydrogen) atoms. The number of methoxy groups -OCH3 is 3. The van der Waals surface area contributed by atoms with Crippen molar-refractivity contribution in [3.05, 3.63) is 29.5 Å². The number of ether oxygens (including phenoxy) is 3. The minimum absolute atomic E-state index is 0.164. The molecule has 0 atom stereocenters. The Morgan fingerprint density at radius 1 is 1.19 bits per heavy atom. The van der Waals surface area contributed by atoms with E-state index in [1.165, 1.54) is 20.3 Å². The zero-order valence-electron chi connectivity index (χ0n) is 11.9. The molecule has 0 aliphatic carbocycles. The van der Waals surface area contributed by atoms with E-state index in [0.717, 1.165) is 5.56 Å². The molecule has 0 spiro atoms. The van der Waals surface area contributed by atoms with Crippen LogP contribution in [0.3, 0.4) is 0 Å². The Balaban J connectivity index is 2.55. The summed E-state index contributed by atoms with van der Waals surface area (Å²) in [5, 5.41) is 12.4. The molecule has 112 valence electrons. The lowest BCUT2D eigenvalue weighted by Gasteiger charge is -2.12. The fourth-order valence-corrected chi connectivity index (χ4v) is 1.93. The summed E-state index contributed by atoms with van der Waals surface area (Å²) in [6.07, 6.45) is 0. The molecule has 0 saturated carbocycles. The van der Waals surface area contributed by atoms with E-state index in [1.807, 2.05) is 0 Å². The Morgan fingerprint density at radius 3 is 2.38 bits per heavy atom. The van der Waals surface area contributed by atoms with Gasteiger partial charge in [-0.15, -0.1) is 0 Å². The number of carbonyl (C=O) groups is 1. The molecule has 0 amide bonds. The lowest BCUT2D eigenvalue weighted by atomic mass is 10.0. The highest BCUT2D eigenvalue weighted by Crippen LogP contribution is 2.36. The third-order valence-corrected chi connectivity index (χ3v) is 2.90. The number of benzene rings is 1. The molecule has 0 aliphatic heterocycles. The average molecular weight is 293 g/mol. The number of aromatic carboxylic acids is 1. The normalized spacial score (nSPS) is 10.4. The summed E-state index contributed by atoms with van der Waals surface area (Å²) in [7, 11) is 4.61. The Bertz CT molecular complexity index is 649. The third-order valence-electron chi connectivity index (χ3n) is 2.90. The number of carboxylic acids is 1. The van der Waals surface area contributed by atoms with E-state index in [9.17, 15) is 4.79 Å². The molecule has 7 nitrogen and oxygen atoms in total. The van der Waals surface area contributed by atoms with Gasteiger partial charge in [-0.2, -0.15) is 0 Å². The number of carboxylic acid groups (broad SMARTS) is 1. The molecule has 0 unspecified atom stereocenters. The molecule has 0 aliphatic rings. The van der Waals surface area contributed by atoms with Crippen LogP contribution in [0.4, 0.5) is 0 Å². The van der Waals surface area contributed by atoms with E-state index in [4.69, 9.17) is 23.8 Å². The minimum Gasteiger partial charge on any atom is -0.493 e. The van der Waals surface area contributed by atoms with Crippen molar-refractivity contribution < 1.29 is 28.6 Å². The van der Waals surface area contributed by atoms with Gasteiger partial charge < -0.3 is 23.8 Å². The second-order valence-electron chi connectivity index (χ2n) is 4.18. The summed E-state index contributed by atoms with van der Waals surface area (Å²) in [4.78, 5) is 10.9. The minimum atomic E-state index is -1.15. The molecular weight excluding hydrogens is 278 g/mol. The highest BCUT2D eigenvalue weighted by molar-refractivity contribution is 5.86. The maximum absolute atomic E-state index is 10.9. The Labute approximate surface area is 121 Å². The first kappa shape index (κ1) is 14.9. The van der Waals surface area contributed by atoms with E-state index in [1.54, 1.807) is 19.2 Å². The molecule has 1 aromatic heterocycles. The molecule has 2 aromatic rings. The van der Waals surface area contributed by atoms with Gasteiger partial charge in [0.25, 0.3) is 0 Å². The number of hydrogen-bond acceptors (Lipinski definition) is 6. The van der Waals surface area contributed by atoms with Gasteiger partial charge in [0.1, 0.15) is 0 Å². The van der Waals surface area contributed by atoms with Crippen LogP contribution in [0.2, 0.25) is 0 Å². The van der Waals surface area contributed by atoms with Crippen molar-refractivity contribution in [2.24, 2.45) is 0 Å². The van der Waals surface area contributed by atoms with Crippen molar-refractivity contribution in [1.29, 1.82) is 0 Å². The van der Waals surface area contributed by atoms with Gasteiger partial charge in [0.2, 0.25) is 0 Å². The zero-order valence-corrected chi connectivity index (χ0v) is 11.9. The lowest BCUT2D eigenvalue weighted by molar-refractivity contribution is 0.0686. The second kappa shape index (κ2) is 6.27. The molecule has 0 bridgehead atoms. The first-order valence-electron chi connectivity index (χ1n) is 6.05. The number of rotatable bonds is 6. The van der Waals surface area contributed by atoms with Crippen molar-refractivity contribution in [1.82, 2.24) is 5.16 Å². The van der Waals surface area contributed by atoms with Gasteiger partial charge in [-0.05, 0) is 17.7 Å². The summed E-state index contributed by atoms with van der Waals surface area (Å²) in [6.45, 7) is 0.304. The molecule has 1 aromatic carbocycles. The van der Waals surface area contributed by atoms with Crippen molar-refractivity contribution in [2.75, 3.05) is 21.3 Å². The number of nitrogens with zero attached hydrogens (tertiary/aromatic N) is 1. The summed E-state index contributed by atoms with van der Waals surface area (Å²) >= 11 is 0. The Morgan fingerprint density at radius 2 is 1.86 bits per heavy atom. The molecule has 1 N–H and O–H groups in total. The summed E-state index contributed by atoms with van der Waals surface area (Å²) in [5.41, 5.74) is 1.24. The topological polar surface area (TPSA) is 91.0 Å². The molecule has 0 fully saturated rings. The highest BCUT2D eigenvalue weighted by atomic mass is 16.5. The van der Waals surface area contributed by atoms with E-state index in [2.05, 4.69) is 5.16 Å². The standard InChI is InChI=1S/C14H15NO6/c1-18-7-8-4-12(19-2)13(20-3)5-9(8)11-6-10(14(16)17)15-21-11/h4-6H,7H2,1-3H3,(H,16,17). The van der Waals surface area contributed by atoms with Crippen LogP contribution in [0.1, 0.15) is 16.1 Å². The lowest BCUT2D eigenvalue weighted by Crippen LogP contribution is -1.97. The second-order valence-corrected chi connectivity index (χ2v) is 4.18. The Kier molecular flexibility index (Phi) is 4.44. The van der Waals surface area contributed by atoms with Gasteiger partial charge >= 0.3 is 5.97 Å². The van der Waals surface area contributed by atoms with Gasteiger partial charge in [-0.1, -0.05) is 5.16 Å². The fourth-order valence-electron chi connectivity index (χ4n) is 1.93. The molecule has 0 radical (unpaired) electrons. The van der Waals surface area contributed by atoms with Crippen molar-refractivity contribution >= 4 is 5.97 Å². The quantitative estimate of drug-likeness (QED) is 0.872. The monoisotopic (exact) mass is 293 g/mol. The van der Waals surface area contributed by atoms with E-state index in [-0.39, 0.29) is 5.69 Å². The number of aromatic nitrogens is 1. The van der Waals surface area contributed by atoms with Gasteiger partial charge in [-0.25, -0.2) is 4.79 Å². The Hall–Kier alpha value is -2.54. The molecular formula is C14H15NO6. The van der Waals surface area contributed by atoms with Crippen LogP contribution in [-0.4, -0.2) is 37.6 Å². The van der Waals surface area contributed by atoms with Crippen LogP contribution < -0.4 is 9.47 Å². The molecule has 1 heterocycles. The van der Waals surface area contributed by atoms with Gasteiger partial charge in [-0.3, -0.25) is 0 Å². The first-order chi connectivity index (χ1) is 10.1. The van der Waals surface area contributed by atoms with Crippen LogP contribution in [0, 0.1) is 0 Å².